The van der Waals surface area contributed by atoms with Gasteiger partial charge >= 0.3 is 0 Å². The maximum atomic E-state index is 12.4. The molecule has 1 N–H and O–H groups in total. The number of nitrogens with zero attached hydrogens (tertiary/aromatic N) is 1. The van der Waals surface area contributed by atoms with E-state index < -0.39 is 0 Å². The second-order valence-electron chi connectivity index (χ2n) is 6.94. The Morgan fingerprint density at radius 1 is 1.04 bits per heavy atom. The number of nitrogens with one attached hydrogen (secondary N) is 1. The van der Waals surface area contributed by atoms with Crippen LogP contribution >= 0.6 is 15.9 Å². The number of benzene rings is 2. The molecule has 1 heterocycles. The third-order valence-electron chi connectivity index (χ3n) is 5.05. The van der Waals surface area contributed by atoms with E-state index in [0.717, 1.165) is 28.8 Å². The van der Waals surface area contributed by atoms with Crippen molar-refractivity contribution in [3.8, 4) is 11.5 Å². The average Bonchev–Trinajstić information content (AvgIpc) is 2.73. The Hall–Kier alpha value is -2.21. The topological polar surface area (TPSA) is 50.8 Å². The molecule has 0 bridgehead atoms. The molecule has 2 aromatic carbocycles. The maximum absolute atomic E-state index is 12.4. The molecule has 2 aromatic rings. The molecular weight excluding hydrogens is 420 g/mol. The van der Waals surface area contributed by atoms with E-state index in [9.17, 15) is 4.79 Å². The largest absolute Gasteiger partial charge is 0.493 e. The van der Waals surface area contributed by atoms with Crippen molar-refractivity contribution in [1.29, 1.82) is 0 Å². The lowest BCUT2D eigenvalue weighted by molar-refractivity contribution is -0.116. The molecule has 0 spiro atoms. The molecule has 0 radical (unpaired) electrons. The SMILES string of the molecule is COc1cc(Br)c(CCC(=O)Nc2ccc(N3CCCCC3)cc2)cc1OC. The van der Waals surface area contributed by atoms with Gasteiger partial charge in [0, 0.05) is 35.4 Å². The number of amides is 1. The second kappa shape index (κ2) is 9.82. The van der Waals surface area contributed by atoms with Crippen LogP contribution in [-0.2, 0) is 11.2 Å². The highest BCUT2D eigenvalue weighted by atomic mass is 79.9. The summed E-state index contributed by atoms with van der Waals surface area (Å²) < 4.78 is 11.5. The van der Waals surface area contributed by atoms with Crippen molar-refractivity contribution < 1.29 is 14.3 Å². The number of aryl methyl sites for hydroxylation is 1. The standard InChI is InChI=1S/C22H27BrN2O3/c1-27-20-14-16(19(23)15-21(20)28-2)6-11-22(26)24-17-7-9-18(10-8-17)25-12-4-3-5-13-25/h7-10,14-15H,3-6,11-13H2,1-2H3,(H,24,26). The summed E-state index contributed by atoms with van der Waals surface area (Å²) in [5.41, 5.74) is 3.07. The molecule has 0 aromatic heterocycles. The van der Waals surface area contributed by atoms with Gasteiger partial charge in [0.05, 0.1) is 14.2 Å². The maximum Gasteiger partial charge on any atom is 0.224 e. The van der Waals surface area contributed by atoms with Crippen molar-refractivity contribution in [2.75, 3.05) is 37.5 Å². The van der Waals surface area contributed by atoms with Crippen LogP contribution in [0.4, 0.5) is 11.4 Å². The summed E-state index contributed by atoms with van der Waals surface area (Å²) >= 11 is 3.54. The Bertz CT molecular complexity index is 802. The molecule has 1 aliphatic rings. The first-order chi connectivity index (χ1) is 13.6. The van der Waals surface area contributed by atoms with Gasteiger partial charge in [0.1, 0.15) is 0 Å². The zero-order valence-corrected chi connectivity index (χ0v) is 18.0. The number of halogens is 1. The van der Waals surface area contributed by atoms with Gasteiger partial charge in [0.2, 0.25) is 5.91 Å². The van der Waals surface area contributed by atoms with Gasteiger partial charge in [0.15, 0.2) is 11.5 Å². The lowest BCUT2D eigenvalue weighted by atomic mass is 10.1. The van der Waals surface area contributed by atoms with E-state index in [0.29, 0.717) is 24.3 Å². The number of carbonyl (C=O) groups excluding carboxylic acids is 1. The molecule has 150 valence electrons. The first-order valence-corrected chi connectivity index (χ1v) is 10.5. The lowest BCUT2D eigenvalue weighted by Gasteiger charge is -2.28. The summed E-state index contributed by atoms with van der Waals surface area (Å²) in [7, 11) is 3.21. The van der Waals surface area contributed by atoms with Gasteiger partial charge < -0.3 is 19.7 Å². The number of hydrogen-bond acceptors (Lipinski definition) is 4. The van der Waals surface area contributed by atoms with Gasteiger partial charge in [-0.25, -0.2) is 0 Å². The number of carbonyl (C=O) groups is 1. The number of rotatable bonds is 7. The summed E-state index contributed by atoms with van der Waals surface area (Å²) in [4.78, 5) is 14.8. The van der Waals surface area contributed by atoms with E-state index >= 15 is 0 Å². The van der Waals surface area contributed by atoms with E-state index in [4.69, 9.17) is 9.47 Å². The zero-order chi connectivity index (χ0) is 19.9. The predicted octanol–water partition coefficient (Wildman–Crippen LogP) is 5.03. The molecule has 1 saturated heterocycles. The van der Waals surface area contributed by atoms with Crippen molar-refractivity contribution in [2.24, 2.45) is 0 Å². The predicted molar refractivity (Wildman–Crippen MR) is 117 cm³/mol. The molecule has 0 atom stereocenters. The van der Waals surface area contributed by atoms with Gasteiger partial charge in [-0.15, -0.1) is 0 Å². The van der Waals surface area contributed by atoms with Crippen LogP contribution < -0.4 is 19.7 Å². The van der Waals surface area contributed by atoms with Crippen LogP contribution in [0.2, 0.25) is 0 Å². The molecule has 6 heteroatoms. The monoisotopic (exact) mass is 446 g/mol. The van der Waals surface area contributed by atoms with Crippen LogP contribution in [0.5, 0.6) is 11.5 Å². The van der Waals surface area contributed by atoms with Crippen molar-refractivity contribution in [3.63, 3.8) is 0 Å². The summed E-state index contributed by atoms with van der Waals surface area (Å²) in [5.74, 6) is 1.32. The van der Waals surface area contributed by atoms with Crippen LogP contribution in [0.3, 0.4) is 0 Å². The summed E-state index contributed by atoms with van der Waals surface area (Å²) in [6.45, 7) is 2.23. The van der Waals surface area contributed by atoms with Crippen molar-refractivity contribution in [1.82, 2.24) is 0 Å². The van der Waals surface area contributed by atoms with E-state index in [-0.39, 0.29) is 5.91 Å². The number of methoxy groups -OCH3 is 2. The number of anilines is 2. The molecule has 0 unspecified atom stereocenters. The molecule has 1 amide bonds. The Balaban J connectivity index is 1.55. The Morgan fingerprint density at radius 2 is 1.68 bits per heavy atom. The molecule has 1 fully saturated rings. The molecular formula is C22H27BrN2O3. The lowest BCUT2D eigenvalue weighted by Crippen LogP contribution is -2.29. The van der Waals surface area contributed by atoms with E-state index in [1.165, 1.54) is 24.9 Å². The third-order valence-corrected chi connectivity index (χ3v) is 5.78. The average molecular weight is 447 g/mol. The van der Waals surface area contributed by atoms with E-state index in [1.54, 1.807) is 14.2 Å². The summed E-state index contributed by atoms with van der Waals surface area (Å²) in [5, 5.41) is 2.98. The number of ether oxygens (including phenoxy) is 2. The van der Waals surface area contributed by atoms with Crippen molar-refractivity contribution in [3.05, 3.63) is 46.4 Å². The summed E-state index contributed by atoms with van der Waals surface area (Å²) in [6, 6.07) is 11.9. The Morgan fingerprint density at radius 3 is 2.32 bits per heavy atom. The minimum absolute atomic E-state index is 0.00703. The van der Waals surface area contributed by atoms with Gasteiger partial charge in [-0.05, 0) is 67.6 Å². The normalized spacial score (nSPS) is 13.9. The van der Waals surface area contributed by atoms with Gasteiger partial charge in [0.25, 0.3) is 0 Å². The van der Waals surface area contributed by atoms with Gasteiger partial charge in [-0.1, -0.05) is 15.9 Å². The highest BCUT2D eigenvalue weighted by Crippen LogP contribution is 2.33. The van der Waals surface area contributed by atoms with E-state index in [2.05, 4.69) is 38.3 Å². The van der Waals surface area contributed by atoms with E-state index in [1.807, 2.05) is 24.3 Å². The quantitative estimate of drug-likeness (QED) is 0.647. The molecule has 0 saturated carbocycles. The smallest absolute Gasteiger partial charge is 0.224 e. The van der Waals surface area contributed by atoms with Gasteiger partial charge in [-0.2, -0.15) is 0 Å². The molecule has 1 aliphatic heterocycles. The molecule has 3 rings (SSSR count). The number of piperidine rings is 1. The first-order valence-electron chi connectivity index (χ1n) is 9.66. The van der Waals surface area contributed by atoms with Crippen LogP contribution in [0.1, 0.15) is 31.2 Å². The fraction of sp³-hybridized carbons (Fsp3) is 0.409. The van der Waals surface area contributed by atoms with Crippen LogP contribution in [0.25, 0.3) is 0 Å². The van der Waals surface area contributed by atoms with Crippen molar-refractivity contribution >= 4 is 33.2 Å². The van der Waals surface area contributed by atoms with Crippen LogP contribution in [0, 0.1) is 0 Å². The Kier molecular flexibility index (Phi) is 7.20. The minimum atomic E-state index is -0.00703. The molecule has 0 aliphatic carbocycles. The van der Waals surface area contributed by atoms with Gasteiger partial charge in [-0.3, -0.25) is 4.79 Å². The summed E-state index contributed by atoms with van der Waals surface area (Å²) in [6.07, 6.45) is 4.83. The zero-order valence-electron chi connectivity index (χ0n) is 16.5. The molecule has 5 nitrogen and oxygen atoms in total. The fourth-order valence-corrected chi connectivity index (χ4v) is 3.99. The van der Waals surface area contributed by atoms with Crippen LogP contribution in [0.15, 0.2) is 40.9 Å². The Labute approximate surface area is 175 Å². The minimum Gasteiger partial charge on any atom is -0.493 e. The second-order valence-corrected chi connectivity index (χ2v) is 7.80. The fourth-order valence-electron chi connectivity index (χ4n) is 3.47. The van der Waals surface area contributed by atoms with Crippen molar-refractivity contribution in [2.45, 2.75) is 32.1 Å². The first kappa shape index (κ1) is 20.5. The highest BCUT2D eigenvalue weighted by Gasteiger charge is 2.13. The van der Waals surface area contributed by atoms with Crippen LogP contribution in [-0.4, -0.2) is 33.2 Å². The molecule has 28 heavy (non-hydrogen) atoms. The third kappa shape index (κ3) is 5.19. The highest BCUT2D eigenvalue weighted by molar-refractivity contribution is 9.10. The number of hydrogen-bond donors (Lipinski definition) is 1.